The van der Waals surface area contributed by atoms with Crippen LogP contribution in [0.3, 0.4) is 0 Å². The first-order valence-electron chi connectivity index (χ1n) is 11.6. The van der Waals surface area contributed by atoms with E-state index < -0.39 is 5.54 Å². The number of carbonyl (C=O) groups is 1. The number of rotatable bonds is 7. The first-order chi connectivity index (χ1) is 15.1. The second-order valence-electron chi connectivity index (χ2n) is 8.89. The minimum atomic E-state index is -0.528. The zero-order valence-corrected chi connectivity index (χ0v) is 19.3. The molecular formula is C24H35N4O2S+. The van der Waals surface area contributed by atoms with Crippen LogP contribution in [0.4, 0.5) is 5.69 Å². The number of aliphatic imine (C=N–C) groups is 1. The summed E-state index contributed by atoms with van der Waals surface area (Å²) in [5.74, 6) is 1.55. The number of anilines is 1. The molecule has 1 spiro atoms. The van der Waals surface area contributed by atoms with Crippen molar-refractivity contribution in [3.63, 3.8) is 0 Å². The molecule has 3 N–H and O–H groups in total. The van der Waals surface area contributed by atoms with Crippen LogP contribution in [0.15, 0.2) is 28.6 Å². The molecule has 2 aliphatic heterocycles. The lowest BCUT2D eigenvalue weighted by Crippen LogP contribution is -2.48. The molecule has 3 aliphatic rings. The monoisotopic (exact) mass is 443 g/mol. The third-order valence-corrected chi connectivity index (χ3v) is 7.79. The molecule has 0 bridgehead atoms. The van der Waals surface area contributed by atoms with Gasteiger partial charge in [0.25, 0.3) is 5.91 Å². The van der Waals surface area contributed by atoms with Crippen LogP contribution in [0.1, 0.15) is 56.1 Å². The molecule has 1 aromatic rings. The molecule has 1 saturated carbocycles. The zero-order chi connectivity index (χ0) is 21.7. The number of carbonyl (C=O) groups excluding carboxylic acids is 1. The van der Waals surface area contributed by atoms with E-state index in [0.717, 1.165) is 55.0 Å². The summed E-state index contributed by atoms with van der Waals surface area (Å²) < 4.78 is 2.38. The molecule has 168 valence electrons. The van der Waals surface area contributed by atoms with Gasteiger partial charge in [0.2, 0.25) is 0 Å². The van der Waals surface area contributed by atoms with Crippen molar-refractivity contribution >= 4 is 35.5 Å². The Labute approximate surface area is 189 Å². The van der Waals surface area contributed by atoms with Crippen molar-refractivity contribution in [2.75, 3.05) is 31.6 Å². The van der Waals surface area contributed by atoms with Gasteiger partial charge in [-0.15, -0.1) is 4.31 Å². The zero-order valence-electron chi connectivity index (χ0n) is 18.4. The maximum absolute atomic E-state index is 12.8. The van der Waals surface area contributed by atoms with Crippen LogP contribution in [-0.2, 0) is 16.7 Å². The fourth-order valence-electron chi connectivity index (χ4n) is 4.88. The molecule has 0 radical (unpaired) electrons. The number of hydrogen-bond acceptors (Lipinski definition) is 5. The van der Waals surface area contributed by atoms with Crippen LogP contribution < -0.4 is 10.6 Å². The Balaban J connectivity index is 1.34. The number of hydrogen-bond donors (Lipinski definition) is 3. The molecule has 7 heteroatoms. The van der Waals surface area contributed by atoms with E-state index in [-0.39, 0.29) is 12.5 Å². The van der Waals surface area contributed by atoms with Crippen molar-refractivity contribution in [1.29, 1.82) is 0 Å². The standard InChI is InChI=1S/C24H34N4O2S/c1-18-6-5-9-21(25-13-16-29)20(18)10-17-31-28-14-11-24(12-15-28)23(30)26-22(27-24)19-7-3-2-4-8-19/h5-6,9-10,17,19,25,29H,2-4,7-8,11-16H2,1H3,(H,26,27,30)/p+1/b17-10+. The molecule has 2 heterocycles. The lowest BCUT2D eigenvalue weighted by atomic mass is 9.88. The minimum absolute atomic E-state index is 0.114. The summed E-state index contributed by atoms with van der Waals surface area (Å²) in [7, 11) is 0. The van der Waals surface area contributed by atoms with Crippen molar-refractivity contribution in [3.8, 4) is 0 Å². The molecule has 1 saturated heterocycles. The van der Waals surface area contributed by atoms with Gasteiger partial charge in [-0.2, -0.15) is 0 Å². The van der Waals surface area contributed by atoms with E-state index in [0.29, 0.717) is 12.5 Å². The van der Waals surface area contributed by atoms with E-state index in [1.54, 1.807) is 0 Å². The predicted octanol–water partition coefficient (Wildman–Crippen LogP) is 3.04. The van der Waals surface area contributed by atoms with Crippen LogP contribution in [0.2, 0.25) is 0 Å². The van der Waals surface area contributed by atoms with Gasteiger partial charge in [0, 0.05) is 36.8 Å². The summed E-state index contributed by atoms with van der Waals surface area (Å²) in [4.78, 5) is 17.8. The summed E-state index contributed by atoms with van der Waals surface area (Å²) in [5.41, 5.74) is 2.89. The maximum atomic E-state index is 12.8. The second-order valence-corrected chi connectivity index (χ2v) is 9.98. The van der Waals surface area contributed by atoms with E-state index in [2.05, 4.69) is 39.4 Å². The minimum Gasteiger partial charge on any atom is -0.395 e. The number of benzene rings is 1. The SMILES string of the molecule is Cc1cccc(NCCO)c1/C=C/[SH+]N1CCC2(CC1)N=C(C1CCCCC1)NC2=O. The highest BCUT2D eigenvalue weighted by atomic mass is 32.2. The Bertz CT molecular complexity index is 840. The third-order valence-electron chi connectivity index (χ3n) is 6.78. The average Bonchev–Trinajstić information content (AvgIpc) is 3.11. The lowest BCUT2D eigenvalue weighted by Gasteiger charge is -2.30. The summed E-state index contributed by atoms with van der Waals surface area (Å²) in [6.45, 7) is 4.52. The molecule has 4 rings (SSSR count). The van der Waals surface area contributed by atoms with Crippen LogP contribution in [0, 0.1) is 12.8 Å². The molecule has 1 aromatic carbocycles. The van der Waals surface area contributed by atoms with E-state index in [9.17, 15) is 4.79 Å². The van der Waals surface area contributed by atoms with Gasteiger partial charge in [0.05, 0.1) is 18.6 Å². The number of piperidine rings is 1. The number of nitrogens with zero attached hydrogens (tertiary/aromatic N) is 2. The van der Waals surface area contributed by atoms with E-state index in [1.165, 1.54) is 37.7 Å². The highest BCUT2D eigenvalue weighted by molar-refractivity contribution is 7.79. The topological polar surface area (TPSA) is 77.0 Å². The molecule has 0 aromatic heterocycles. The Kier molecular flexibility index (Phi) is 7.35. The summed E-state index contributed by atoms with van der Waals surface area (Å²) in [6, 6.07) is 6.18. The van der Waals surface area contributed by atoms with Crippen molar-refractivity contribution in [1.82, 2.24) is 9.62 Å². The number of aliphatic hydroxyl groups is 1. The number of amidine groups is 1. The van der Waals surface area contributed by atoms with E-state index in [1.807, 2.05) is 12.1 Å². The lowest BCUT2D eigenvalue weighted by molar-refractivity contribution is -0.124. The number of aryl methyl sites for hydroxylation is 1. The van der Waals surface area contributed by atoms with Gasteiger partial charge >= 0.3 is 0 Å². The molecule has 0 unspecified atom stereocenters. The Morgan fingerprint density at radius 3 is 2.81 bits per heavy atom. The highest BCUT2D eigenvalue weighted by Gasteiger charge is 2.47. The Morgan fingerprint density at radius 1 is 1.29 bits per heavy atom. The predicted molar refractivity (Wildman–Crippen MR) is 130 cm³/mol. The second kappa shape index (κ2) is 10.2. The molecule has 1 amide bonds. The van der Waals surface area contributed by atoms with Crippen LogP contribution >= 0.6 is 0 Å². The smallest absolute Gasteiger partial charge is 0.253 e. The molecule has 0 atom stereocenters. The fourth-order valence-corrected chi connectivity index (χ4v) is 5.71. The first kappa shape index (κ1) is 22.4. The number of thiol groups is 1. The van der Waals surface area contributed by atoms with E-state index >= 15 is 0 Å². The van der Waals surface area contributed by atoms with Crippen LogP contribution in [-0.4, -0.2) is 52.9 Å². The molecule has 1 aliphatic carbocycles. The normalized spacial score (nSPS) is 22.1. The average molecular weight is 444 g/mol. The van der Waals surface area contributed by atoms with Crippen LogP contribution in [0.5, 0.6) is 0 Å². The highest BCUT2D eigenvalue weighted by Crippen LogP contribution is 2.34. The van der Waals surface area contributed by atoms with Crippen molar-refractivity contribution < 1.29 is 9.90 Å². The molecule has 2 fully saturated rings. The van der Waals surface area contributed by atoms with Crippen molar-refractivity contribution in [3.05, 3.63) is 34.7 Å². The van der Waals surface area contributed by atoms with Gasteiger partial charge in [-0.25, -0.2) is 0 Å². The largest absolute Gasteiger partial charge is 0.395 e. The molecule has 6 nitrogen and oxygen atoms in total. The quantitative estimate of drug-likeness (QED) is 0.447. The summed E-state index contributed by atoms with van der Waals surface area (Å²) >= 11 is 1.14. The first-order valence-corrected chi connectivity index (χ1v) is 12.5. The molecular weight excluding hydrogens is 408 g/mol. The van der Waals surface area contributed by atoms with Gasteiger partial charge in [-0.1, -0.05) is 31.4 Å². The van der Waals surface area contributed by atoms with Gasteiger partial charge in [0.1, 0.15) is 16.8 Å². The fraction of sp³-hybridized carbons (Fsp3) is 0.583. The number of amides is 1. The van der Waals surface area contributed by atoms with Gasteiger partial charge in [-0.3, -0.25) is 9.79 Å². The van der Waals surface area contributed by atoms with Crippen molar-refractivity contribution in [2.45, 2.75) is 57.4 Å². The maximum Gasteiger partial charge on any atom is 0.253 e. The summed E-state index contributed by atoms with van der Waals surface area (Å²) in [5, 5.41) is 17.7. The Morgan fingerprint density at radius 2 is 2.06 bits per heavy atom. The Hall–Kier alpha value is -1.83. The van der Waals surface area contributed by atoms with Gasteiger partial charge < -0.3 is 15.7 Å². The third kappa shape index (κ3) is 5.16. The molecule has 31 heavy (non-hydrogen) atoms. The number of aliphatic hydroxyl groups excluding tert-OH is 1. The van der Waals surface area contributed by atoms with Gasteiger partial charge in [-0.05, 0) is 50.3 Å². The summed E-state index contributed by atoms with van der Waals surface area (Å²) in [6.07, 6.45) is 9.90. The van der Waals surface area contributed by atoms with Gasteiger partial charge in [0.15, 0.2) is 0 Å². The number of nitrogens with one attached hydrogen (secondary N) is 2. The van der Waals surface area contributed by atoms with Crippen molar-refractivity contribution in [2.24, 2.45) is 10.9 Å². The van der Waals surface area contributed by atoms with Crippen LogP contribution in [0.25, 0.3) is 6.08 Å². The van der Waals surface area contributed by atoms with E-state index in [4.69, 9.17) is 10.1 Å².